The second-order valence-electron chi connectivity index (χ2n) is 5.04. The minimum Gasteiger partial charge on any atom is -0.485 e. The Morgan fingerprint density at radius 1 is 1.35 bits per heavy atom. The zero-order valence-electron chi connectivity index (χ0n) is 11.5. The van der Waals surface area contributed by atoms with Gasteiger partial charge in [-0.15, -0.1) is 10.2 Å². The smallest absolute Gasteiger partial charge is 0.171 e. The van der Waals surface area contributed by atoms with Gasteiger partial charge in [-0.25, -0.2) is 0 Å². The van der Waals surface area contributed by atoms with E-state index in [1.54, 1.807) is 6.07 Å². The molecule has 0 unspecified atom stereocenters. The van der Waals surface area contributed by atoms with E-state index in [1.807, 2.05) is 19.1 Å². The fourth-order valence-electron chi connectivity index (χ4n) is 2.58. The molecule has 0 saturated heterocycles. The second kappa shape index (κ2) is 5.45. The van der Waals surface area contributed by atoms with Gasteiger partial charge in [0.1, 0.15) is 18.2 Å². The van der Waals surface area contributed by atoms with E-state index in [4.69, 9.17) is 4.74 Å². The average Bonchev–Trinajstić information content (AvgIpc) is 2.89. The first kappa shape index (κ1) is 12.8. The Kier molecular flexibility index (Phi) is 3.50. The molecule has 1 aliphatic rings. The van der Waals surface area contributed by atoms with Crippen molar-refractivity contribution >= 4 is 6.29 Å². The lowest BCUT2D eigenvalue weighted by Gasteiger charge is -2.15. The number of aromatic nitrogens is 3. The normalized spacial score (nSPS) is 13.8. The number of benzene rings is 1. The monoisotopic (exact) mass is 271 g/mol. The minimum absolute atomic E-state index is 0.346. The first-order chi connectivity index (χ1) is 9.79. The minimum atomic E-state index is 0.346. The number of aryl methyl sites for hydroxylation is 2. The third kappa shape index (κ3) is 2.31. The van der Waals surface area contributed by atoms with Gasteiger partial charge in [-0.2, -0.15) is 0 Å². The summed E-state index contributed by atoms with van der Waals surface area (Å²) >= 11 is 0. The molecule has 0 radical (unpaired) electrons. The van der Waals surface area contributed by atoms with Crippen LogP contribution >= 0.6 is 0 Å². The number of nitrogens with zero attached hydrogens (tertiary/aromatic N) is 3. The number of carbonyl (C=O) groups excluding carboxylic acids is 1. The molecular weight excluding hydrogens is 254 g/mol. The molecule has 0 bridgehead atoms. The van der Waals surface area contributed by atoms with Crippen LogP contribution in [0.1, 0.15) is 40.4 Å². The van der Waals surface area contributed by atoms with Crippen LogP contribution in [-0.4, -0.2) is 21.1 Å². The van der Waals surface area contributed by atoms with Crippen molar-refractivity contribution in [3.8, 4) is 5.75 Å². The number of aldehydes is 1. The van der Waals surface area contributed by atoms with E-state index in [0.29, 0.717) is 17.9 Å². The van der Waals surface area contributed by atoms with Crippen LogP contribution in [0.4, 0.5) is 0 Å². The Balaban J connectivity index is 1.80. The van der Waals surface area contributed by atoms with Crippen molar-refractivity contribution < 1.29 is 9.53 Å². The summed E-state index contributed by atoms with van der Waals surface area (Å²) in [5.41, 5.74) is 1.52. The van der Waals surface area contributed by atoms with Gasteiger partial charge in [-0.3, -0.25) is 4.79 Å². The predicted molar refractivity (Wildman–Crippen MR) is 73.9 cm³/mol. The lowest BCUT2D eigenvalue weighted by atomic mass is 10.1. The molecule has 2 heterocycles. The maximum Gasteiger partial charge on any atom is 0.171 e. The van der Waals surface area contributed by atoms with E-state index < -0.39 is 0 Å². The topological polar surface area (TPSA) is 57.0 Å². The Bertz CT molecular complexity index is 634. The highest BCUT2D eigenvalue weighted by Crippen LogP contribution is 2.23. The Morgan fingerprint density at radius 2 is 2.25 bits per heavy atom. The summed E-state index contributed by atoms with van der Waals surface area (Å²) in [4.78, 5) is 11.1. The van der Waals surface area contributed by atoms with Crippen LogP contribution in [0, 0.1) is 6.92 Å². The lowest BCUT2D eigenvalue weighted by Crippen LogP contribution is -2.14. The van der Waals surface area contributed by atoms with Crippen molar-refractivity contribution in [2.24, 2.45) is 0 Å². The van der Waals surface area contributed by atoms with Crippen LogP contribution in [0.5, 0.6) is 5.75 Å². The fourth-order valence-corrected chi connectivity index (χ4v) is 2.58. The SMILES string of the molecule is Cc1cccc(C=O)c1OCc1nnc2n1CCCC2. The molecular formula is C15H17N3O2. The summed E-state index contributed by atoms with van der Waals surface area (Å²) in [6.45, 7) is 3.23. The first-order valence-electron chi connectivity index (χ1n) is 6.88. The molecule has 2 aromatic rings. The number of carbonyl (C=O) groups is 1. The number of fused-ring (bicyclic) bond motifs is 1. The molecule has 0 saturated carbocycles. The summed E-state index contributed by atoms with van der Waals surface area (Å²) in [5.74, 6) is 2.51. The van der Waals surface area contributed by atoms with Gasteiger partial charge in [0.2, 0.25) is 0 Å². The number of rotatable bonds is 4. The standard InChI is InChI=1S/C15H17N3O2/c1-11-5-4-6-12(9-19)15(11)20-10-14-17-16-13-7-2-3-8-18(13)14/h4-6,9H,2-3,7-8,10H2,1H3. The summed E-state index contributed by atoms with van der Waals surface area (Å²) in [5, 5.41) is 8.40. The molecule has 0 atom stereocenters. The molecule has 1 aromatic heterocycles. The predicted octanol–water partition coefficient (Wildman–Crippen LogP) is 2.31. The quantitative estimate of drug-likeness (QED) is 0.801. The number of para-hydroxylation sites is 1. The molecule has 5 nitrogen and oxygen atoms in total. The largest absolute Gasteiger partial charge is 0.485 e. The Labute approximate surface area is 117 Å². The number of hydrogen-bond acceptors (Lipinski definition) is 4. The third-order valence-electron chi connectivity index (χ3n) is 3.65. The van der Waals surface area contributed by atoms with Crippen LogP contribution in [-0.2, 0) is 19.6 Å². The highest BCUT2D eigenvalue weighted by Gasteiger charge is 2.16. The fraction of sp³-hybridized carbons (Fsp3) is 0.400. The van der Waals surface area contributed by atoms with Crippen LogP contribution in [0.15, 0.2) is 18.2 Å². The van der Waals surface area contributed by atoms with Gasteiger partial charge in [0, 0.05) is 13.0 Å². The van der Waals surface area contributed by atoms with E-state index >= 15 is 0 Å². The highest BCUT2D eigenvalue weighted by molar-refractivity contribution is 5.80. The molecule has 104 valence electrons. The molecule has 5 heteroatoms. The Morgan fingerprint density at radius 3 is 3.10 bits per heavy atom. The number of hydrogen-bond donors (Lipinski definition) is 0. The van der Waals surface area contributed by atoms with Gasteiger partial charge in [0.05, 0.1) is 5.56 Å². The molecule has 1 aromatic carbocycles. The molecule has 0 fully saturated rings. The van der Waals surface area contributed by atoms with Gasteiger partial charge in [0.15, 0.2) is 12.1 Å². The summed E-state index contributed by atoms with van der Waals surface area (Å²) in [7, 11) is 0. The van der Waals surface area contributed by atoms with Gasteiger partial charge in [-0.1, -0.05) is 12.1 Å². The van der Waals surface area contributed by atoms with Gasteiger partial charge >= 0.3 is 0 Å². The summed E-state index contributed by atoms with van der Waals surface area (Å²) in [6.07, 6.45) is 4.13. The van der Waals surface area contributed by atoms with Gasteiger partial charge in [-0.05, 0) is 31.4 Å². The van der Waals surface area contributed by atoms with Crippen molar-refractivity contribution in [1.82, 2.24) is 14.8 Å². The van der Waals surface area contributed by atoms with E-state index in [1.165, 1.54) is 6.42 Å². The van der Waals surface area contributed by atoms with Crippen molar-refractivity contribution in [2.75, 3.05) is 0 Å². The number of ether oxygens (including phenoxy) is 1. The Hall–Kier alpha value is -2.17. The molecule has 20 heavy (non-hydrogen) atoms. The zero-order chi connectivity index (χ0) is 13.9. The zero-order valence-corrected chi connectivity index (χ0v) is 11.5. The maximum atomic E-state index is 11.1. The first-order valence-corrected chi connectivity index (χ1v) is 6.88. The molecule has 3 rings (SSSR count). The van der Waals surface area contributed by atoms with E-state index in [0.717, 1.165) is 42.9 Å². The van der Waals surface area contributed by atoms with Crippen molar-refractivity contribution in [3.63, 3.8) is 0 Å². The molecule has 0 aliphatic carbocycles. The third-order valence-corrected chi connectivity index (χ3v) is 3.65. The van der Waals surface area contributed by atoms with Crippen LogP contribution < -0.4 is 4.74 Å². The van der Waals surface area contributed by atoms with Crippen LogP contribution in [0.3, 0.4) is 0 Å². The van der Waals surface area contributed by atoms with Gasteiger partial charge < -0.3 is 9.30 Å². The molecule has 0 N–H and O–H groups in total. The van der Waals surface area contributed by atoms with E-state index in [-0.39, 0.29) is 0 Å². The van der Waals surface area contributed by atoms with Crippen LogP contribution in [0.2, 0.25) is 0 Å². The van der Waals surface area contributed by atoms with Crippen molar-refractivity contribution in [3.05, 3.63) is 41.0 Å². The van der Waals surface area contributed by atoms with E-state index in [2.05, 4.69) is 14.8 Å². The van der Waals surface area contributed by atoms with Crippen LogP contribution in [0.25, 0.3) is 0 Å². The molecule has 1 aliphatic heterocycles. The highest BCUT2D eigenvalue weighted by atomic mass is 16.5. The summed E-state index contributed by atoms with van der Waals surface area (Å²) in [6, 6.07) is 5.54. The molecule has 0 amide bonds. The van der Waals surface area contributed by atoms with Crippen molar-refractivity contribution in [2.45, 2.75) is 39.3 Å². The average molecular weight is 271 g/mol. The maximum absolute atomic E-state index is 11.1. The van der Waals surface area contributed by atoms with Gasteiger partial charge in [0.25, 0.3) is 0 Å². The summed E-state index contributed by atoms with van der Waals surface area (Å²) < 4.78 is 7.94. The lowest BCUT2D eigenvalue weighted by molar-refractivity contribution is 0.111. The van der Waals surface area contributed by atoms with Crippen molar-refractivity contribution in [1.29, 1.82) is 0 Å². The molecule has 0 spiro atoms. The van der Waals surface area contributed by atoms with E-state index in [9.17, 15) is 4.79 Å². The second-order valence-corrected chi connectivity index (χ2v) is 5.04.